The van der Waals surface area contributed by atoms with E-state index >= 15 is 0 Å². The van der Waals surface area contributed by atoms with E-state index in [1.54, 1.807) is 7.11 Å². The van der Waals surface area contributed by atoms with Crippen LogP contribution in [-0.2, 0) is 4.74 Å². The summed E-state index contributed by atoms with van der Waals surface area (Å²) in [4.78, 5) is 17.9. The molecule has 1 amide bonds. The van der Waals surface area contributed by atoms with Gasteiger partial charge in [-0.3, -0.25) is 4.79 Å². The van der Waals surface area contributed by atoms with Crippen LogP contribution in [-0.4, -0.2) is 55.7 Å². The summed E-state index contributed by atoms with van der Waals surface area (Å²) in [6.45, 7) is 4.75. The van der Waals surface area contributed by atoms with Gasteiger partial charge in [0.25, 0.3) is 5.91 Å². The number of nitrogens with one attached hydrogen (secondary N) is 2. The van der Waals surface area contributed by atoms with Gasteiger partial charge in [0.05, 0.1) is 6.61 Å². The van der Waals surface area contributed by atoms with Crippen molar-refractivity contribution >= 4 is 16.8 Å². The Hall–Kier alpha value is -1.85. The van der Waals surface area contributed by atoms with Crippen molar-refractivity contribution in [2.24, 2.45) is 5.92 Å². The monoisotopic (exact) mass is 315 g/mol. The molecule has 5 nitrogen and oxygen atoms in total. The molecule has 0 saturated carbocycles. The lowest BCUT2D eigenvalue weighted by molar-refractivity contribution is 0.0926. The Kier molecular flexibility index (Phi) is 5.31. The number of H-pyrrole nitrogens is 1. The van der Waals surface area contributed by atoms with Gasteiger partial charge < -0.3 is 19.9 Å². The number of ether oxygens (including phenoxy) is 1. The number of rotatable bonds is 6. The van der Waals surface area contributed by atoms with Crippen LogP contribution in [0.15, 0.2) is 30.5 Å². The van der Waals surface area contributed by atoms with E-state index in [1.807, 2.05) is 30.5 Å². The maximum absolute atomic E-state index is 12.3. The normalized spacial score (nSPS) is 16.7. The third kappa shape index (κ3) is 4.12. The number of hydrogen-bond acceptors (Lipinski definition) is 3. The molecule has 1 aromatic carbocycles. The second-order valence-corrected chi connectivity index (χ2v) is 6.27. The summed E-state index contributed by atoms with van der Waals surface area (Å²) in [5.74, 6) is 0.593. The fourth-order valence-electron chi connectivity index (χ4n) is 3.16. The SMILES string of the molecule is COCCN1CCC(CNC(=O)c2ccc3cc[nH]c3c2)CC1. The lowest BCUT2D eigenvalue weighted by Crippen LogP contribution is -2.39. The first kappa shape index (κ1) is 16.0. The van der Waals surface area contributed by atoms with E-state index in [0.717, 1.165) is 62.1 Å². The maximum atomic E-state index is 12.3. The van der Waals surface area contributed by atoms with Crippen LogP contribution in [0.1, 0.15) is 23.2 Å². The average molecular weight is 315 g/mol. The molecule has 3 rings (SSSR count). The Morgan fingerprint density at radius 2 is 2.17 bits per heavy atom. The molecule has 2 aromatic rings. The van der Waals surface area contributed by atoms with Gasteiger partial charge >= 0.3 is 0 Å². The number of benzene rings is 1. The van der Waals surface area contributed by atoms with Crippen LogP contribution in [0.25, 0.3) is 10.9 Å². The van der Waals surface area contributed by atoms with Gasteiger partial charge in [-0.2, -0.15) is 0 Å². The number of carbonyl (C=O) groups excluding carboxylic acids is 1. The van der Waals surface area contributed by atoms with Gasteiger partial charge in [0.1, 0.15) is 0 Å². The predicted octanol–water partition coefficient (Wildman–Crippen LogP) is 2.26. The zero-order valence-corrected chi connectivity index (χ0v) is 13.7. The van der Waals surface area contributed by atoms with Crippen molar-refractivity contribution in [3.63, 3.8) is 0 Å². The second-order valence-electron chi connectivity index (χ2n) is 6.27. The summed E-state index contributed by atoms with van der Waals surface area (Å²) < 4.78 is 5.12. The summed E-state index contributed by atoms with van der Waals surface area (Å²) in [6.07, 6.45) is 4.17. The Labute approximate surface area is 137 Å². The first-order chi connectivity index (χ1) is 11.3. The molecule has 1 saturated heterocycles. The minimum atomic E-state index is 0.0170. The highest BCUT2D eigenvalue weighted by Crippen LogP contribution is 2.17. The maximum Gasteiger partial charge on any atom is 0.251 e. The molecule has 0 aliphatic carbocycles. The molecule has 0 bridgehead atoms. The van der Waals surface area contributed by atoms with Crippen LogP contribution in [0.3, 0.4) is 0 Å². The molecule has 1 fully saturated rings. The topological polar surface area (TPSA) is 57.4 Å². The van der Waals surface area contributed by atoms with E-state index in [9.17, 15) is 4.79 Å². The van der Waals surface area contributed by atoms with E-state index in [2.05, 4.69) is 15.2 Å². The van der Waals surface area contributed by atoms with E-state index in [1.165, 1.54) is 0 Å². The molecule has 0 spiro atoms. The van der Waals surface area contributed by atoms with Crippen LogP contribution < -0.4 is 5.32 Å². The molecule has 1 aliphatic heterocycles. The molecule has 2 N–H and O–H groups in total. The highest BCUT2D eigenvalue weighted by Gasteiger charge is 2.19. The number of piperidine rings is 1. The van der Waals surface area contributed by atoms with Gasteiger partial charge in [-0.05, 0) is 55.4 Å². The van der Waals surface area contributed by atoms with Crippen LogP contribution in [0.5, 0.6) is 0 Å². The van der Waals surface area contributed by atoms with Crippen molar-refractivity contribution in [2.45, 2.75) is 12.8 Å². The number of nitrogens with zero attached hydrogens (tertiary/aromatic N) is 1. The third-order valence-corrected chi connectivity index (χ3v) is 4.69. The molecule has 0 atom stereocenters. The zero-order valence-electron chi connectivity index (χ0n) is 13.7. The van der Waals surface area contributed by atoms with E-state index in [0.29, 0.717) is 5.92 Å². The number of aromatic amines is 1. The minimum absolute atomic E-state index is 0.0170. The fourth-order valence-corrected chi connectivity index (χ4v) is 3.16. The number of hydrogen-bond donors (Lipinski definition) is 2. The number of likely N-dealkylation sites (tertiary alicyclic amines) is 1. The largest absolute Gasteiger partial charge is 0.383 e. The van der Waals surface area contributed by atoms with Gasteiger partial charge in [0, 0.05) is 37.5 Å². The quantitative estimate of drug-likeness (QED) is 0.860. The lowest BCUT2D eigenvalue weighted by atomic mass is 9.96. The Morgan fingerprint density at radius 3 is 2.96 bits per heavy atom. The van der Waals surface area contributed by atoms with E-state index < -0.39 is 0 Å². The number of amides is 1. The molecule has 23 heavy (non-hydrogen) atoms. The number of carbonyl (C=O) groups is 1. The van der Waals surface area contributed by atoms with Crippen molar-refractivity contribution < 1.29 is 9.53 Å². The van der Waals surface area contributed by atoms with E-state index in [4.69, 9.17) is 4.74 Å². The highest BCUT2D eigenvalue weighted by molar-refractivity contribution is 5.97. The van der Waals surface area contributed by atoms with Crippen LogP contribution in [0, 0.1) is 5.92 Å². The van der Waals surface area contributed by atoms with Gasteiger partial charge in [0.2, 0.25) is 0 Å². The van der Waals surface area contributed by atoms with Gasteiger partial charge in [0.15, 0.2) is 0 Å². The molecular weight excluding hydrogens is 290 g/mol. The Bertz CT molecular complexity index is 645. The molecule has 0 unspecified atom stereocenters. The Balaban J connectivity index is 1.46. The van der Waals surface area contributed by atoms with Crippen LogP contribution >= 0.6 is 0 Å². The van der Waals surface area contributed by atoms with Crippen molar-refractivity contribution in [1.29, 1.82) is 0 Å². The first-order valence-electron chi connectivity index (χ1n) is 8.33. The molecule has 1 aliphatic rings. The van der Waals surface area contributed by atoms with Crippen molar-refractivity contribution in [3.05, 3.63) is 36.0 Å². The standard InChI is InChI=1S/C18H25N3O2/c1-23-11-10-21-8-5-14(6-9-21)13-20-18(22)16-3-2-15-4-7-19-17(15)12-16/h2-4,7,12,14,19H,5-6,8-11,13H2,1H3,(H,20,22). The number of methoxy groups -OCH3 is 1. The molecule has 0 radical (unpaired) electrons. The molecule has 5 heteroatoms. The smallest absolute Gasteiger partial charge is 0.251 e. The summed E-state index contributed by atoms with van der Waals surface area (Å²) in [5, 5.41) is 4.22. The predicted molar refractivity (Wildman–Crippen MR) is 91.7 cm³/mol. The van der Waals surface area contributed by atoms with Crippen LogP contribution in [0.4, 0.5) is 0 Å². The van der Waals surface area contributed by atoms with Gasteiger partial charge in [-0.1, -0.05) is 6.07 Å². The van der Waals surface area contributed by atoms with Gasteiger partial charge in [-0.15, -0.1) is 0 Å². The summed E-state index contributed by atoms with van der Waals surface area (Å²) >= 11 is 0. The molecule has 1 aromatic heterocycles. The van der Waals surface area contributed by atoms with Crippen LogP contribution in [0.2, 0.25) is 0 Å². The summed E-state index contributed by atoms with van der Waals surface area (Å²) in [6, 6.07) is 7.79. The van der Waals surface area contributed by atoms with E-state index in [-0.39, 0.29) is 5.91 Å². The Morgan fingerprint density at radius 1 is 1.35 bits per heavy atom. The second kappa shape index (κ2) is 7.62. The zero-order chi connectivity index (χ0) is 16.1. The molecule has 2 heterocycles. The third-order valence-electron chi connectivity index (χ3n) is 4.69. The number of aromatic nitrogens is 1. The highest BCUT2D eigenvalue weighted by atomic mass is 16.5. The number of fused-ring (bicyclic) bond motifs is 1. The van der Waals surface area contributed by atoms with Crippen molar-refractivity contribution in [3.8, 4) is 0 Å². The van der Waals surface area contributed by atoms with Gasteiger partial charge in [-0.25, -0.2) is 0 Å². The summed E-state index contributed by atoms with van der Waals surface area (Å²) in [5.41, 5.74) is 1.72. The fraction of sp³-hybridized carbons (Fsp3) is 0.500. The molecule has 124 valence electrons. The lowest BCUT2D eigenvalue weighted by Gasteiger charge is -2.31. The molecular formula is C18H25N3O2. The minimum Gasteiger partial charge on any atom is -0.383 e. The summed E-state index contributed by atoms with van der Waals surface area (Å²) in [7, 11) is 1.74. The van der Waals surface area contributed by atoms with Crippen molar-refractivity contribution in [2.75, 3.05) is 39.9 Å². The first-order valence-corrected chi connectivity index (χ1v) is 8.33. The average Bonchev–Trinajstić information content (AvgIpc) is 3.06. The van der Waals surface area contributed by atoms with Crippen molar-refractivity contribution in [1.82, 2.24) is 15.2 Å².